The summed E-state index contributed by atoms with van der Waals surface area (Å²) < 4.78 is 0. The molecule has 0 amide bonds. The largest absolute Gasteiger partial charge is 0.405 e. The predicted molar refractivity (Wildman–Crippen MR) is 129 cm³/mol. The molecule has 0 spiro atoms. The van der Waals surface area contributed by atoms with E-state index in [-0.39, 0.29) is 108 Å². The monoisotopic (exact) mass is 928 g/mol. The average molecular weight is 928 g/mol. The van der Waals surface area contributed by atoms with Gasteiger partial charge in [-0.2, -0.15) is 75.2 Å². The fourth-order valence-electron chi connectivity index (χ4n) is 2.08. The molecule has 2 N–H and O–H groups in total. The number of para-hydroxylation sites is 1. The molecule has 6 heteroatoms. The normalized spacial score (nSPS) is 8.12. The van der Waals surface area contributed by atoms with Gasteiger partial charge in [-0.25, -0.2) is 0 Å². The Balaban J connectivity index is -0.0000000775. The smallest absolute Gasteiger partial charge is 0.0183 e. The van der Waals surface area contributed by atoms with Gasteiger partial charge in [0, 0.05) is 120 Å². The summed E-state index contributed by atoms with van der Waals surface area (Å²) in [5.74, 6) is 0. The van der Waals surface area contributed by atoms with Crippen molar-refractivity contribution in [3.8, 4) is 0 Å². The quantitative estimate of drug-likeness (QED) is 0.308. The molecule has 2 nitrogen and oxygen atoms in total. The van der Waals surface area contributed by atoms with E-state index in [0.29, 0.717) is 12.1 Å². The Morgan fingerprint density at radius 3 is 1.53 bits per heavy atom. The first-order valence-electron chi connectivity index (χ1n) is 10.2. The number of hydrogen-bond acceptors (Lipinski definition) is 2. The first kappa shape index (κ1) is 46.9. The molecule has 2 radical (unpaired) electrons. The van der Waals surface area contributed by atoms with Crippen LogP contribution in [0, 0.1) is 38.8 Å². The van der Waals surface area contributed by atoms with Crippen molar-refractivity contribution in [3.63, 3.8) is 0 Å². The van der Waals surface area contributed by atoms with E-state index >= 15 is 0 Å². The van der Waals surface area contributed by atoms with E-state index in [4.69, 9.17) is 0 Å². The van der Waals surface area contributed by atoms with Crippen LogP contribution in [0.4, 0.5) is 11.4 Å². The van der Waals surface area contributed by atoms with E-state index in [1.807, 2.05) is 64.8 Å². The summed E-state index contributed by atoms with van der Waals surface area (Å²) in [5, 5.41) is 6.58. The number of hydrogen-bond donors (Lipinski definition) is 2. The maximum Gasteiger partial charge on any atom is 0.0183 e. The van der Waals surface area contributed by atoms with Gasteiger partial charge in [-0.3, -0.25) is 0 Å². The molecular weight excluding hydrogens is 886 g/mol. The molecule has 2 rings (SSSR count). The van der Waals surface area contributed by atoms with Crippen LogP contribution in [0.25, 0.3) is 0 Å². The first-order chi connectivity index (χ1) is 13.2. The zero-order chi connectivity index (χ0) is 21.9. The molecule has 0 aliphatic rings. The van der Waals surface area contributed by atoms with E-state index < -0.39 is 0 Å². The van der Waals surface area contributed by atoms with Crippen LogP contribution in [0.1, 0.15) is 66.5 Å². The Hall–Kier alpha value is 1.62. The number of nitrogens with one attached hydrogen (secondary N) is 2. The van der Waals surface area contributed by atoms with Gasteiger partial charge in [-0.05, 0) is 27.7 Å². The Bertz CT molecular complexity index is 573. The van der Waals surface area contributed by atoms with Gasteiger partial charge in [0.2, 0.25) is 0 Å². The molecule has 0 saturated carbocycles. The summed E-state index contributed by atoms with van der Waals surface area (Å²) >= 11 is 0. The van der Waals surface area contributed by atoms with Crippen molar-refractivity contribution in [2.45, 2.75) is 81.3 Å². The van der Waals surface area contributed by atoms with Crippen LogP contribution in [0.5, 0.6) is 0 Å². The Kier molecular flexibility index (Phi) is 47.8. The number of anilines is 2. The minimum absolute atomic E-state index is 0. The molecular formula is C26H42N2W2Y2-4. The van der Waals surface area contributed by atoms with Gasteiger partial charge in [0.15, 0.2) is 0 Å². The maximum absolute atomic E-state index is 3.33. The topological polar surface area (TPSA) is 24.1 Å². The second-order valence-corrected chi connectivity index (χ2v) is 7.28. The van der Waals surface area contributed by atoms with E-state index in [1.165, 1.54) is 11.1 Å². The molecule has 0 saturated heterocycles. The van der Waals surface area contributed by atoms with Crippen molar-refractivity contribution in [3.05, 3.63) is 72.5 Å². The van der Waals surface area contributed by atoms with Gasteiger partial charge in [-0.15, -0.1) is 12.1 Å². The summed E-state index contributed by atoms with van der Waals surface area (Å²) in [6.07, 6.45) is 4.00. The molecule has 0 fully saturated rings. The summed E-state index contributed by atoms with van der Waals surface area (Å²) in [5.41, 5.74) is 4.65. The van der Waals surface area contributed by atoms with Gasteiger partial charge >= 0.3 is 0 Å². The first-order valence-corrected chi connectivity index (χ1v) is 10.2. The predicted octanol–water partition coefficient (Wildman–Crippen LogP) is 7.68. The second kappa shape index (κ2) is 32.6. The van der Waals surface area contributed by atoms with E-state index in [0.717, 1.165) is 11.4 Å². The molecule has 0 heterocycles. The van der Waals surface area contributed by atoms with Crippen LogP contribution in [0.3, 0.4) is 0 Å². The van der Waals surface area contributed by atoms with Gasteiger partial charge < -0.3 is 23.5 Å². The van der Waals surface area contributed by atoms with Crippen molar-refractivity contribution >= 4 is 11.4 Å². The van der Waals surface area contributed by atoms with Crippen LogP contribution < -0.4 is 10.6 Å². The average Bonchev–Trinajstić information content (AvgIpc) is 2.55. The molecule has 0 atom stereocenters. The van der Waals surface area contributed by atoms with E-state index in [9.17, 15) is 0 Å². The third kappa shape index (κ3) is 33.8. The molecule has 0 aromatic heterocycles. The third-order valence-corrected chi connectivity index (χ3v) is 2.75. The van der Waals surface area contributed by atoms with Crippen molar-refractivity contribution in [2.75, 3.05) is 10.6 Å². The summed E-state index contributed by atoms with van der Waals surface area (Å²) in [6, 6.07) is 19.5. The van der Waals surface area contributed by atoms with E-state index in [1.54, 1.807) is 0 Å². The third-order valence-electron chi connectivity index (χ3n) is 2.75. The molecule has 0 unspecified atom stereocenters. The van der Waals surface area contributed by atoms with Crippen LogP contribution in [-0.4, -0.2) is 12.1 Å². The van der Waals surface area contributed by atoms with Gasteiger partial charge in [-0.1, -0.05) is 25.2 Å². The molecule has 178 valence electrons. The molecule has 32 heavy (non-hydrogen) atoms. The molecule has 0 aliphatic heterocycles. The zero-order valence-electron chi connectivity index (χ0n) is 21.7. The number of aryl methyl sites for hydroxylation is 2. The maximum atomic E-state index is 3.33. The minimum Gasteiger partial charge on any atom is -0.405 e. The Morgan fingerprint density at radius 2 is 1.19 bits per heavy atom. The zero-order valence-corrected chi connectivity index (χ0v) is 33.3. The van der Waals surface area contributed by atoms with E-state index in [2.05, 4.69) is 76.4 Å². The van der Waals surface area contributed by atoms with Crippen LogP contribution in [-0.2, 0) is 108 Å². The van der Waals surface area contributed by atoms with Crippen molar-refractivity contribution < 1.29 is 108 Å². The number of rotatable bonds is 4. The van der Waals surface area contributed by atoms with Crippen molar-refractivity contribution in [2.24, 2.45) is 0 Å². The van der Waals surface area contributed by atoms with Gasteiger partial charge in [0.1, 0.15) is 0 Å². The van der Waals surface area contributed by atoms with Gasteiger partial charge in [0.25, 0.3) is 0 Å². The molecule has 2 aromatic carbocycles. The van der Waals surface area contributed by atoms with Crippen LogP contribution >= 0.6 is 0 Å². The number of benzene rings is 2. The fourth-order valence-corrected chi connectivity index (χ4v) is 2.08. The summed E-state index contributed by atoms with van der Waals surface area (Å²) in [4.78, 5) is 0. The van der Waals surface area contributed by atoms with Gasteiger partial charge in [0.05, 0.1) is 0 Å². The Labute approximate surface area is 279 Å². The van der Waals surface area contributed by atoms with Crippen molar-refractivity contribution in [1.29, 1.82) is 0 Å². The second-order valence-electron chi connectivity index (χ2n) is 7.28. The fraction of sp³-hybridized carbons (Fsp3) is 0.462. The standard InChI is InChI=1S/C11H16N.C9H12N.2C3H7.2W.2Y/c1-8(2)12-11-6-9(3)5-10(4)7-11;1-8(2)10-9-6-4-3-5-7-9;2*1-3-2;;;;/h5-6,8,12H,1-4H3;3-6,8,10H,1-2H3;2*3H,1-2H3;;;;/q4*-1;;;;. The molecule has 2 aromatic rings. The minimum atomic E-state index is 0. The molecule has 0 aliphatic carbocycles. The van der Waals surface area contributed by atoms with Crippen molar-refractivity contribution in [1.82, 2.24) is 0 Å². The van der Waals surface area contributed by atoms with Crippen LogP contribution in [0.15, 0.2) is 36.4 Å². The van der Waals surface area contributed by atoms with Crippen LogP contribution in [0.2, 0.25) is 0 Å². The summed E-state index contributed by atoms with van der Waals surface area (Å²) in [6.45, 7) is 20.7. The Morgan fingerprint density at radius 1 is 0.750 bits per heavy atom. The summed E-state index contributed by atoms with van der Waals surface area (Å²) in [7, 11) is 0. The molecule has 0 bridgehead atoms. The SMILES string of the molecule is CC(C)Nc1[c-]cccc1.C[CH-]C.C[CH-]C.Cc1[c-]c(NC(C)C)cc(C)c1.[W].[W].[Y].[Y].